The van der Waals surface area contributed by atoms with E-state index in [0.29, 0.717) is 30.3 Å². The second kappa shape index (κ2) is 6.86. The molecule has 0 radical (unpaired) electrons. The summed E-state index contributed by atoms with van der Waals surface area (Å²) in [5.74, 6) is 0.267. The molecule has 6 nitrogen and oxygen atoms in total. The second-order valence-corrected chi connectivity index (χ2v) is 7.37. The SMILES string of the molecule is CC(C)[C@H]1C(=O)NCCN1C(=O)c1cccc(NC(=O)[C@H]2C[C@@H]2C)c1. The zero-order valence-electron chi connectivity index (χ0n) is 14.9. The van der Waals surface area contributed by atoms with E-state index in [9.17, 15) is 14.4 Å². The van der Waals surface area contributed by atoms with Crippen LogP contribution in [0.15, 0.2) is 24.3 Å². The van der Waals surface area contributed by atoms with Gasteiger partial charge in [-0.15, -0.1) is 0 Å². The molecule has 1 aliphatic carbocycles. The summed E-state index contributed by atoms with van der Waals surface area (Å²) < 4.78 is 0. The molecule has 0 spiro atoms. The maximum atomic E-state index is 12.9. The minimum atomic E-state index is -0.466. The molecule has 1 aliphatic heterocycles. The molecule has 6 heteroatoms. The van der Waals surface area contributed by atoms with E-state index in [-0.39, 0.29) is 29.6 Å². The van der Waals surface area contributed by atoms with E-state index in [1.807, 2.05) is 13.8 Å². The van der Waals surface area contributed by atoms with Crippen LogP contribution < -0.4 is 10.6 Å². The molecule has 2 aliphatic rings. The van der Waals surface area contributed by atoms with Gasteiger partial charge in [0.2, 0.25) is 11.8 Å². The monoisotopic (exact) mass is 343 g/mol. The number of anilines is 1. The summed E-state index contributed by atoms with van der Waals surface area (Å²) in [6.45, 7) is 6.87. The van der Waals surface area contributed by atoms with Crippen molar-refractivity contribution >= 4 is 23.4 Å². The van der Waals surface area contributed by atoms with Crippen LogP contribution in [0.4, 0.5) is 5.69 Å². The molecule has 1 heterocycles. The highest BCUT2D eigenvalue weighted by Crippen LogP contribution is 2.38. The molecule has 0 unspecified atom stereocenters. The number of nitrogens with zero attached hydrogens (tertiary/aromatic N) is 1. The fourth-order valence-electron chi connectivity index (χ4n) is 3.39. The maximum Gasteiger partial charge on any atom is 0.254 e. The van der Waals surface area contributed by atoms with Crippen LogP contribution in [0.2, 0.25) is 0 Å². The lowest BCUT2D eigenvalue weighted by atomic mass is 9.98. The summed E-state index contributed by atoms with van der Waals surface area (Å²) in [6, 6.07) is 6.49. The molecule has 3 amide bonds. The summed E-state index contributed by atoms with van der Waals surface area (Å²) in [7, 11) is 0. The minimum Gasteiger partial charge on any atom is -0.353 e. The first-order valence-electron chi connectivity index (χ1n) is 8.88. The molecule has 0 aromatic heterocycles. The van der Waals surface area contributed by atoms with E-state index in [0.717, 1.165) is 6.42 Å². The van der Waals surface area contributed by atoms with Gasteiger partial charge in [0.15, 0.2) is 0 Å². The maximum absolute atomic E-state index is 12.9. The third-order valence-electron chi connectivity index (χ3n) is 4.97. The van der Waals surface area contributed by atoms with Crippen molar-refractivity contribution in [2.75, 3.05) is 18.4 Å². The van der Waals surface area contributed by atoms with Crippen molar-refractivity contribution in [1.82, 2.24) is 10.2 Å². The second-order valence-electron chi connectivity index (χ2n) is 7.37. The number of amides is 3. The summed E-state index contributed by atoms with van der Waals surface area (Å²) in [4.78, 5) is 38.8. The van der Waals surface area contributed by atoms with Crippen LogP contribution in [-0.2, 0) is 9.59 Å². The lowest BCUT2D eigenvalue weighted by Gasteiger charge is -2.37. The first-order chi connectivity index (χ1) is 11.9. The number of hydrogen-bond donors (Lipinski definition) is 2. The summed E-state index contributed by atoms with van der Waals surface area (Å²) in [6.07, 6.45) is 0.920. The Morgan fingerprint density at radius 1 is 1.32 bits per heavy atom. The standard InChI is InChI=1S/C19H25N3O3/c1-11(2)16-18(24)20-7-8-22(16)19(25)13-5-4-6-14(10-13)21-17(23)15-9-12(15)3/h4-6,10-12,15-16H,7-9H2,1-3H3,(H,20,24)(H,21,23)/t12-,15-,16-/m0/s1. The Kier molecular flexibility index (Phi) is 4.79. The summed E-state index contributed by atoms with van der Waals surface area (Å²) in [5, 5.41) is 5.71. The molecule has 1 aromatic rings. The Morgan fingerprint density at radius 2 is 2.04 bits per heavy atom. The molecule has 3 rings (SSSR count). The molecule has 1 saturated carbocycles. The van der Waals surface area contributed by atoms with E-state index in [4.69, 9.17) is 0 Å². The van der Waals surface area contributed by atoms with Gasteiger partial charge in [-0.25, -0.2) is 0 Å². The lowest BCUT2D eigenvalue weighted by Crippen LogP contribution is -2.59. The van der Waals surface area contributed by atoms with Crippen molar-refractivity contribution in [3.63, 3.8) is 0 Å². The van der Waals surface area contributed by atoms with Crippen LogP contribution in [-0.4, -0.2) is 41.8 Å². The quantitative estimate of drug-likeness (QED) is 0.876. The Hall–Kier alpha value is -2.37. The van der Waals surface area contributed by atoms with E-state index in [2.05, 4.69) is 17.6 Å². The van der Waals surface area contributed by atoms with Crippen molar-refractivity contribution in [1.29, 1.82) is 0 Å². The van der Waals surface area contributed by atoms with Gasteiger partial charge < -0.3 is 15.5 Å². The molecule has 2 fully saturated rings. The smallest absolute Gasteiger partial charge is 0.254 e. The van der Waals surface area contributed by atoms with Gasteiger partial charge in [0.25, 0.3) is 5.91 Å². The highest BCUT2D eigenvalue weighted by molar-refractivity contribution is 6.00. The fourth-order valence-corrected chi connectivity index (χ4v) is 3.39. The molecule has 1 aromatic carbocycles. The molecule has 134 valence electrons. The first kappa shape index (κ1) is 17.5. The predicted octanol–water partition coefficient (Wildman–Crippen LogP) is 1.88. The van der Waals surface area contributed by atoms with Crippen LogP contribution in [0, 0.1) is 17.8 Å². The average Bonchev–Trinajstić information content (AvgIpc) is 3.31. The number of carbonyl (C=O) groups excluding carboxylic acids is 3. The normalized spacial score (nSPS) is 25.5. The molecule has 0 bridgehead atoms. The summed E-state index contributed by atoms with van der Waals surface area (Å²) in [5.41, 5.74) is 1.11. The van der Waals surface area contributed by atoms with Gasteiger partial charge in [-0.05, 0) is 36.5 Å². The molecule has 1 saturated heterocycles. The van der Waals surface area contributed by atoms with Gasteiger partial charge in [0.1, 0.15) is 6.04 Å². The molecular formula is C19H25N3O3. The number of nitrogens with one attached hydrogen (secondary N) is 2. The average molecular weight is 343 g/mol. The van der Waals surface area contributed by atoms with E-state index in [1.165, 1.54) is 0 Å². The molecular weight excluding hydrogens is 318 g/mol. The minimum absolute atomic E-state index is 0.00880. The molecule has 25 heavy (non-hydrogen) atoms. The van der Waals surface area contributed by atoms with E-state index in [1.54, 1.807) is 29.2 Å². The van der Waals surface area contributed by atoms with Crippen LogP contribution in [0.3, 0.4) is 0 Å². The Labute approximate surface area is 148 Å². The third-order valence-corrected chi connectivity index (χ3v) is 4.97. The predicted molar refractivity (Wildman–Crippen MR) is 95.0 cm³/mol. The van der Waals surface area contributed by atoms with Gasteiger partial charge in [0.05, 0.1) is 0 Å². The highest BCUT2D eigenvalue weighted by atomic mass is 16.2. The lowest BCUT2D eigenvalue weighted by molar-refractivity contribution is -0.129. The molecule has 3 atom stereocenters. The Balaban J connectivity index is 1.76. The van der Waals surface area contributed by atoms with Gasteiger partial charge in [-0.2, -0.15) is 0 Å². The molecule has 2 N–H and O–H groups in total. The Morgan fingerprint density at radius 3 is 2.68 bits per heavy atom. The van der Waals surface area contributed by atoms with Crippen LogP contribution in [0.25, 0.3) is 0 Å². The van der Waals surface area contributed by atoms with Crippen molar-refractivity contribution in [2.24, 2.45) is 17.8 Å². The van der Waals surface area contributed by atoms with Crippen molar-refractivity contribution in [2.45, 2.75) is 33.2 Å². The fraction of sp³-hybridized carbons (Fsp3) is 0.526. The number of carbonyl (C=O) groups is 3. The van der Waals surface area contributed by atoms with Gasteiger partial charge in [-0.3, -0.25) is 14.4 Å². The zero-order chi connectivity index (χ0) is 18.1. The third kappa shape index (κ3) is 3.67. The van der Waals surface area contributed by atoms with Crippen molar-refractivity contribution in [3.8, 4) is 0 Å². The van der Waals surface area contributed by atoms with E-state index < -0.39 is 6.04 Å². The first-order valence-corrected chi connectivity index (χ1v) is 8.88. The number of benzene rings is 1. The van der Waals surface area contributed by atoms with Crippen LogP contribution in [0.5, 0.6) is 0 Å². The Bertz CT molecular complexity index is 701. The number of piperazine rings is 1. The van der Waals surface area contributed by atoms with Gasteiger partial charge in [0, 0.05) is 30.3 Å². The number of rotatable bonds is 4. The number of hydrogen-bond acceptors (Lipinski definition) is 3. The van der Waals surface area contributed by atoms with Gasteiger partial charge >= 0.3 is 0 Å². The van der Waals surface area contributed by atoms with Crippen LogP contribution in [0.1, 0.15) is 37.6 Å². The van der Waals surface area contributed by atoms with Gasteiger partial charge in [-0.1, -0.05) is 26.8 Å². The highest BCUT2D eigenvalue weighted by Gasteiger charge is 2.39. The summed E-state index contributed by atoms with van der Waals surface area (Å²) >= 11 is 0. The zero-order valence-corrected chi connectivity index (χ0v) is 14.9. The van der Waals surface area contributed by atoms with Crippen molar-refractivity contribution in [3.05, 3.63) is 29.8 Å². The van der Waals surface area contributed by atoms with Crippen LogP contribution >= 0.6 is 0 Å². The van der Waals surface area contributed by atoms with E-state index >= 15 is 0 Å². The largest absolute Gasteiger partial charge is 0.353 e. The topological polar surface area (TPSA) is 78.5 Å². The van der Waals surface area contributed by atoms with Crippen molar-refractivity contribution < 1.29 is 14.4 Å².